The lowest BCUT2D eigenvalue weighted by Crippen LogP contribution is -2.24. The van der Waals surface area contributed by atoms with Crippen molar-refractivity contribution in [2.75, 3.05) is 6.26 Å². The second-order valence-corrected chi connectivity index (χ2v) is 7.27. The number of aryl methyl sites for hydroxylation is 1. The van der Waals surface area contributed by atoms with E-state index in [2.05, 4.69) is 0 Å². The average molecular weight is 270 g/mol. The van der Waals surface area contributed by atoms with Gasteiger partial charge in [-0.3, -0.25) is 0 Å². The number of carbonyl (C=O) groups is 1. The molecule has 0 aromatic heterocycles. The molecular weight excluding hydrogens is 252 g/mol. The molecule has 0 aliphatic carbocycles. The van der Waals surface area contributed by atoms with Crippen LogP contribution in [0.15, 0.2) is 23.1 Å². The van der Waals surface area contributed by atoms with E-state index in [1.807, 2.05) is 0 Å². The minimum Gasteiger partial charge on any atom is -0.456 e. The van der Waals surface area contributed by atoms with Gasteiger partial charge in [-0.2, -0.15) is 0 Å². The molecule has 0 saturated heterocycles. The summed E-state index contributed by atoms with van der Waals surface area (Å²) in [7, 11) is -3.33. The molecule has 4 nitrogen and oxygen atoms in total. The molecule has 100 valence electrons. The summed E-state index contributed by atoms with van der Waals surface area (Å²) in [5, 5.41) is 0. The van der Waals surface area contributed by atoms with E-state index in [1.165, 1.54) is 12.1 Å². The molecule has 0 N–H and O–H groups in total. The number of esters is 1. The van der Waals surface area contributed by atoms with E-state index >= 15 is 0 Å². The van der Waals surface area contributed by atoms with E-state index in [1.54, 1.807) is 33.8 Å². The predicted molar refractivity (Wildman–Crippen MR) is 69.5 cm³/mol. The van der Waals surface area contributed by atoms with Crippen LogP contribution in [0.2, 0.25) is 0 Å². The van der Waals surface area contributed by atoms with Gasteiger partial charge in [0.15, 0.2) is 9.84 Å². The molecule has 0 amide bonds. The summed E-state index contributed by atoms with van der Waals surface area (Å²) in [6.07, 6.45) is 1.11. The van der Waals surface area contributed by atoms with Gasteiger partial charge in [0.1, 0.15) is 5.60 Å². The SMILES string of the molecule is Cc1ccc(S(C)(=O)=O)cc1C(=O)OC(C)(C)C. The first-order valence-corrected chi connectivity index (χ1v) is 7.44. The highest BCUT2D eigenvalue weighted by Crippen LogP contribution is 2.19. The van der Waals surface area contributed by atoms with Crippen molar-refractivity contribution in [2.45, 2.75) is 38.2 Å². The normalized spacial score (nSPS) is 12.3. The van der Waals surface area contributed by atoms with Crippen molar-refractivity contribution in [3.63, 3.8) is 0 Å². The van der Waals surface area contributed by atoms with Crippen LogP contribution in [0.25, 0.3) is 0 Å². The monoisotopic (exact) mass is 270 g/mol. The van der Waals surface area contributed by atoms with Crippen LogP contribution in [0.1, 0.15) is 36.7 Å². The number of hydrogen-bond donors (Lipinski definition) is 0. The molecule has 0 aliphatic rings. The molecule has 1 rings (SSSR count). The second-order valence-electron chi connectivity index (χ2n) is 5.25. The van der Waals surface area contributed by atoms with Crippen LogP contribution in [0.5, 0.6) is 0 Å². The molecule has 5 heteroatoms. The van der Waals surface area contributed by atoms with Crippen LogP contribution >= 0.6 is 0 Å². The van der Waals surface area contributed by atoms with Crippen LogP contribution in [0, 0.1) is 6.92 Å². The van der Waals surface area contributed by atoms with Gasteiger partial charge >= 0.3 is 5.97 Å². The summed E-state index contributed by atoms with van der Waals surface area (Å²) in [6.45, 7) is 7.03. The van der Waals surface area contributed by atoms with Crippen molar-refractivity contribution in [1.82, 2.24) is 0 Å². The summed E-state index contributed by atoms with van der Waals surface area (Å²) >= 11 is 0. The van der Waals surface area contributed by atoms with Gasteiger partial charge in [-0.15, -0.1) is 0 Å². The minimum absolute atomic E-state index is 0.119. The molecule has 18 heavy (non-hydrogen) atoms. The van der Waals surface area contributed by atoms with E-state index in [-0.39, 0.29) is 10.5 Å². The third-order valence-electron chi connectivity index (χ3n) is 2.26. The zero-order valence-electron chi connectivity index (χ0n) is 11.3. The molecule has 0 bridgehead atoms. The van der Waals surface area contributed by atoms with Crippen LogP contribution < -0.4 is 0 Å². The van der Waals surface area contributed by atoms with Crippen molar-refractivity contribution >= 4 is 15.8 Å². The smallest absolute Gasteiger partial charge is 0.338 e. The maximum absolute atomic E-state index is 11.9. The molecule has 0 aliphatic heterocycles. The molecule has 1 aromatic rings. The summed E-state index contributed by atoms with van der Waals surface area (Å²) in [5.41, 5.74) is 0.370. The third kappa shape index (κ3) is 3.84. The number of rotatable bonds is 2. The highest BCUT2D eigenvalue weighted by Gasteiger charge is 2.20. The molecule has 0 atom stereocenters. The summed E-state index contributed by atoms with van der Waals surface area (Å²) in [4.78, 5) is 12.1. The van der Waals surface area contributed by atoms with Gasteiger partial charge in [0.05, 0.1) is 10.5 Å². The molecule has 0 fully saturated rings. The van der Waals surface area contributed by atoms with Gasteiger partial charge in [-0.05, 0) is 45.4 Å². The molecule has 1 aromatic carbocycles. The maximum Gasteiger partial charge on any atom is 0.338 e. The standard InChI is InChI=1S/C13H18O4S/c1-9-6-7-10(18(5,15)16)8-11(9)12(14)17-13(2,3)4/h6-8H,1-5H3. The molecule has 0 unspecified atom stereocenters. The van der Waals surface area contributed by atoms with Crippen molar-refractivity contribution in [2.24, 2.45) is 0 Å². The topological polar surface area (TPSA) is 60.4 Å². The Bertz CT molecular complexity index is 565. The summed E-state index contributed by atoms with van der Waals surface area (Å²) < 4.78 is 28.1. The number of sulfone groups is 1. The van der Waals surface area contributed by atoms with Crippen LogP contribution in [-0.4, -0.2) is 26.2 Å². The van der Waals surface area contributed by atoms with Gasteiger partial charge in [0, 0.05) is 6.26 Å². The van der Waals surface area contributed by atoms with E-state index in [0.717, 1.165) is 6.26 Å². The Hall–Kier alpha value is -1.36. The fourth-order valence-corrected chi connectivity index (χ4v) is 2.03. The lowest BCUT2D eigenvalue weighted by molar-refractivity contribution is 0.00685. The Kier molecular flexibility index (Phi) is 3.86. The molecular formula is C13H18O4S. The fourth-order valence-electron chi connectivity index (χ4n) is 1.38. The molecule has 0 heterocycles. The lowest BCUT2D eigenvalue weighted by Gasteiger charge is -2.20. The van der Waals surface area contributed by atoms with E-state index in [0.29, 0.717) is 5.56 Å². The fraction of sp³-hybridized carbons (Fsp3) is 0.462. The summed E-state index contributed by atoms with van der Waals surface area (Å²) in [5.74, 6) is -0.509. The van der Waals surface area contributed by atoms with Crippen LogP contribution in [0.4, 0.5) is 0 Å². The zero-order valence-corrected chi connectivity index (χ0v) is 12.1. The maximum atomic E-state index is 11.9. The number of benzene rings is 1. The number of carbonyl (C=O) groups excluding carboxylic acids is 1. The van der Waals surface area contributed by atoms with Gasteiger partial charge in [-0.1, -0.05) is 6.07 Å². The Labute approximate surface area is 108 Å². The quantitative estimate of drug-likeness (QED) is 0.774. The van der Waals surface area contributed by atoms with E-state index in [9.17, 15) is 13.2 Å². The Morgan fingerprint density at radius 3 is 2.22 bits per heavy atom. The van der Waals surface area contributed by atoms with Gasteiger partial charge < -0.3 is 4.74 Å². The van der Waals surface area contributed by atoms with E-state index in [4.69, 9.17) is 4.74 Å². The van der Waals surface area contributed by atoms with Crippen molar-refractivity contribution < 1.29 is 17.9 Å². The van der Waals surface area contributed by atoms with Gasteiger partial charge in [-0.25, -0.2) is 13.2 Å². The Morgan fingerprint density at radius 2 is 1.78 bits per heavy atom. The van der Waals surface area contributed by atoms with Gasteiger partial charge in [0.25, 0.3) is 0 Å². The first kappa shape index (κ1) is 14.7. The Balaban J connectivity index is 3.21. The zero-order chi connectivity index (χ0) is 14.1. The third-order valence-corrected chi connectivity index (χ3v) is 3.37. The van der Waals surface area contributed by atoms with Gasteiger partial charge in [0.2, 0.25) is 0 Å². The van der Waals surface area contributed by atoms with Crippen molar-refractivity contribution in [3.8, 4) is 0 Å². The largest absolute Gasteiger partial charge is 0.456 e. The first-order chi connectivity index (χ1) is 8.00. The van der Waals surface area contributed by atoms with Crippen LogP contribution in [-0.2, 0) is 14.6 Å². The van der Waals surface area contributed by atoms with E-state index < -0.39 is 21.4 Å². The minimum atomic E-state index is -3.33. The highest BCUT2D eigenvalue weighted by molar-refractivity contribution is 7.90. The van der Waals surface area contributed by atoms with Crippen LogP contribution in [0.3, 0.4) is 0 Å². The van der Waals surface area contributed by atoms with Crippen molar-refractivity contribution in [3.05, 3.63) is 29.3 Å². The number of hydrogen-bond acceptors (Lipinski definition) is 4. The average Bonchev–Trinajstić information content (AvgIpc) is 2.13. The predicted octanol–water partition coefficient (Wildman–Crippen LogP) is 2.35. The van der Waals surface area contributed by atoms with Crippen molar-refractivity contribution in [1.29, 1.82) is 0 Å². The number of ether oxygens (including phenoxy) is 1. The highest BCUT2D eigenvalue weighted by atomic mass is 32.2. The second kappa shape index (κ2) is 4.72. The molecule has 0 radical (unpaired) electrons. The Morgan fingerprint density at radius 1 is 1.22 bits per heavy atom. The summed E-state index contributed by atoms with van der Waals surface area (Å²) in [6, 6.07) is 4.45. The lowest BCUT2D eigenvalue weighted by atomic mass is 10.1. The molecule has 0 saturated carbocycles. The molecule has 0 spiro atoms. The first-order valence-electron chi connectivity index (χ1n) is 5.55.